The molecular formula is C16H26N2O. The highest BCUT2D eigenvalue weighted by Crippen LogP contribution is 2.24. The highest BCUT2D eigenvalue weighted by Gasteiger charge is 2.24. The Kier molecular flexibility index (Phi) is 5.37. The molecule has 2 rings (SSSR count). The Morgan fingerprint density at radius 2 is 2.05 bits per heavy atom. The third-order valence-corrected chi connectivity index (χ3v) is 3.88. The fourth-order valence-electron chi connectivity index (χ4n) is 3.00. The SMILES string of the molecule is CC(N)C(c1ccccc1)N(C)CC1CCCCO1. The lowest BCUT2D eigenvalue weighted by Crippen LogP contribution is -2.42. The van der Waals surface area contributed by atoms with Crippen molar-refractivity contribution in [3.8, 4) is 0 Å². The maximum atomic E-state index is 6.19. The van der Waals surface area contributed by atoms with Crippen LogP contribution in [0.3, 0.4) is 0 Å². The minimum Gasteiger partial charge on any atom is -0.377 e. The van der Waals surface area contributed by atoms with Gasteiger partial charge in [0, 0.05) is 25.2 Å². The molecule has 0 amide bonds. The summed E-state index contributed by atoms with van der Waals surface area (Å²) >= 11 is 0. The molecule has 1 aliphatic heterocycles. The molecule has 1 aromatic carbocycles. The van der Waals surface area contributed by atoms with Crippen molar-refractivity contribution >= 4 is 0 Å². The van der Waals surface area contributed by atoms with Crippen LogP contribution in [0, 0.1) is 0 Å². The van der Waals surface area contributed by atoms with E-state index >= 15 is 0 Å². The smallest absolute Gasteiger partial charge is 0.0702 e. The molecule has 1 fully saturated rings. The molecule has 19 heavy (non-hydrogen) atoms. The summed E-state index contributed by atoms with van der Waals surface area (Å²) < 4.78 is 5.83. The Morgan fingerprint density at radius 3 is 2.63 bits per heavy atom. The number of nitrogens with two attached hydrogens (primary N) is 1. The Hall–Kier alpha value is -0.900. The van der Waals surface area contributed by atoms with Gasteiger partial charge in [0.05, 0.1) is 6.10 Å². The Bertz CT molecular complexity index is 360. The van der Waals surface area contributed by atoms with E-state index in [1.165, 1.54) is 24.8 Å². The van der Waals surface area contributed by atoms with Crippen LogP contribution in [0.15, 0.2) is 30.3 Å². The van der Waals surface area contributed by atoms with Gasteiger partial charge in [-0.25, -0.2) is 0 Å². The molecule has 3 heteroatoms. The van der Waals surface area contributed by atoms with Gasteiger partial charge in [0.1, 0.15) is 0 Å². The summed E-state index contributed by atoms with van der Waals surface area (Å²) in [6.45, 7) is 3.95. The van der Waals surface area contributed by atoms with Gasteiger partial charge in [0.2, 0.25) is 0 Å². The van der Waals surface area contributed by atoms with Crippen LogP contribution in [0.25, 0.3) is 0 Å². The second kappa shape index (κ2) is 7.04. The Balaban J connectivity index is 2.02. The van der Waals surface area contributed by atoms with Gasteiger partial charge in [-0.2, -0.15) is 0 Å². The lowest BCUT2D eigenvalue weighted by molar-refractivity contribution is -0.00985. The van der Waals surface area contributed by atoms with E-state index in [0.29, 0.717) is 6.10 Å². The second-order valence-corrected chi connectivity index (χ2v) is 5.64. The average molecular weight is 262 g/mol. The van der Waals surface area contributed by atoms with Gasteiger partial charge >= 0.3 is 0 Å². The molecule has 3 unspecified atom stereocenters. The zero-order valence-corrected chi connectivity index (χ0v) is 12.1. The van der Waals surface area contributed by atoms with Crippen LogP contribution < -0.4 is 5.73 Å². The molecule has 1 aromatic rings. The summed E-state index contributed by atoms with van der Waals surface area (Å²) in [7, 11) is 2.15. The molecule has 106 valence electrons. The average Bonchev–Trinajstić information content (AvgIpc) is 2.40. The maximum absolute atomic E-state index is 6.19. The first kappa shape index (κ1) is 14.5. The fraction of sp³-hybridized carbons (Fsp3) is 0.625. The molecule has 1 aliphatic rings. The molecular weight excluding hydrogens is 236 g/mol. The topological polar surface area (TPSA) is 38.5 Å². The quantitative estimate of drug-likeness (QED) is 0.886. The van der Waals surface area contributed by atoms with Crippen molar-refractivity contribution in [3.63, 3.8) is 0 Å². The molecule has 0 spiro atoms. The van der Waals surface area contributed by atoms with Crippen LogP contribution in [0.4, 0.5) is 0 Å². The third kappa shape index (κ3) is 4.03. The van der Waals surface area contributed by atoms with Gasteiger partial charge in [-0.15, -0.1) is 0 Å². The van der Waals surface area contributed by atoms with E-state index in [1.807, 2.05) is 6.07 Å². The lowest BCUT2D eigenvalue weighted by atomic mass is 9.98. The van der Waals surface area contributed by atoms with Gasteiger partial charge in [0.25, 0.3) is 0 Å². The monoisotopic (exact) mass is 262 g/mol. The van der Waals surface area contributed by atoms with Crippen LogP contribution in [-0.2, 0) is 4.74 Å². The highest BCUT2D eigenvalue weighted by molar-refractivity contribution is 5.20. The van der Waals surface area contributed by atoms with E-state index in [4.69, 9.17) is 10.5 Å². The van der Waals surface area contributed by atoms with Crippen LogP contribution in [0.2, 0.25) is 0 Å². The van der Waals surface area contributed by atoms with Crippen molar-refractivity contribution in [1.29, 1.82) is 0 Å². The summed E-state index contributed by atoms with van der Waals surface area (Å²) in [6.07, 6.45) is 4.02. The molecule has 0 bridgehead atoms. The predicted octanol–water partition coefficient (Wildman–Crippen LogP) is 2.58. The van der Waals surface area contributed by atoms with E-state index in [1.54, 1.807) is 0 Å². The minimum atomic E-state index is 0.107. The third-order valence-electron chi connectivity index (χ3n) is 3.88. The predicted molar refractivity (Wildman–Crippen MR) is 79.1 cm³/mol. The fourth-order valence-corrected chi connectivity index (χ4v) is 3.00. The summed E-state index contributed by atoms with van der Waals surface area (Å²) in [6, 6.07) is 10.9. The number of hydrogen-bond donors (Lipinski definition) is 1. The van der Waals surface area contributed by atoms with E-state index in [0.717, 1.165) is 13.2 Å². The van der Waals surface area contributed by atoms with Crippen LogP contribution in [0.1, 0.15) is 37.8 Å². The number of rotatable bonds is 5. The lowest BCUT2D eigenvalue weighted by Gasteiger charge is -2.35. The largest absolute Gasteiger partial charge is 0.377 e. The van der Waals surface area contributed by atoms with Crippen molar-refractivity contribution in [2.45, 2.75) is 44.4 Å². The van der Waals surface area contributed by atoms with Crippen molar-refractivity contribution in [1.82, 2.24) is 4.90 Å². The van der Waals surface area contributed by atoms with Gasteiger partial charge in [-0.3, -0.25) is 4.90 Å². The normalized spacial score (nSPS) is 23.3. The number of ether oxygens (including phenoxy) is 1. The first-order valence-corrected chi connectivity index (χ1v) is 7.31. The number of nitrogens with zero attached hydrogens (tertiary/aromatic N) is 1. The number of hydrogen-bond acceptors (Lipinski definition) is 3. The molecule has 0 radical (unpaired) electrons. The second-order valence-electron chi connectivity index (χ2n) is 5.64. The Labute approximate surface area is 116 Å². The van der Waals surface area contributed by atoms with E-state index in [2.05, 4.69) is 43.1 Å². The van der Waals surface area contributed by atoms with Crippen molar-refractivity contribution < 1.29 is 4.74 Å². The van der Waals surface area contributed by atoms with Gasteiger partial charge in [-0.1, -0.05) is 30.3 Å². The van der Waals surface area contributed by atoms with E-state index in [-0.39, 0.29) is 12.1 Å². The zero-order valence-electron chi connectivity index (χ0n) is 12.1. The van der Waals surface area contributed by atoms with E-state index < -0.39 is 0 Å². The molecule has 3 atom stereocenters. The number of benzene rings is 1. The summed E-state index contributed by atoms with van der Waals surface area (Å²) in [5.74, 6) is 0. The standard InChI is InChI=1S/C16H26N2O/c1-13(17)16(14-8-4-3-5-9-14)18(2)12-15-10-6-7-11-19-15/h3-5,8-9,13,15-16H,6-7,10-12,17H2,1-2H3. The summed E-state index contributed by atoms with van der Waals surface area (Å²) in [4.78, 5) is 2.34. The molecule has 1 saturated heterocycles. The van der Waals surface area contributed by atoms with Gasteiger partial charge < -0.3 is 10.5 Å². The summed E-state index contributed by atoms with van der Waals surface area (Å²) in [5, 5.41) is 0. The van der Waals surface area contributed by atoms with Crippen molar-refractivity contribution in [3.05, 3.63) is 35.9 Å². The van der Waals surface area contributed by atoms with Crippen molar-refractivity contribution in [2.75, 3.05) is 20.2 Å². The first-order valence-electron chi connectivity index (χ1n) is 7.31. The van der Waals surface area contributed by atoms with E-state index in [9.17, 15) is 0 Å². The maximum Gasteiger partial charge on any atom is 0.0702 e. The molecule has 0 aliphatic carbocycles. The van der Waals surface area contributed by atoms with Crippen LogP contribution in [0.5, 0.6) is 0 Å². The van der Waals surface area contributed by atoms with Gasteiger partial charge in [0.15, 0.2) is 0 Å². The first-order chi connectivity index (χ1) is 9.18. The van der Waals surface area contributed by atoms with Gasteiger partial charge in [-0.05, 0) is 38.8 Å². The summed E-state index contributed by atoms with van der Waals surface area (Å²) in [5.41, 5.74) is 7.48. The van der Waals surface area contributed by atoms with Crippen molar-refractivity contribution in [2.24, 2.45) is 5.73 Å². The molecule has 0 aromatic heterocycles. The van der Waals surface area contributed by atoms with Crippen LogP contribution in [-0.4, -0.2) is 37.2 Å². The minimum absolute atomic E-state index is 0.107. The molecule has 0 saturated carbocycles. The zero-order chi connectivity index (χ0) is 13.7. The molecule has 2 N–H and O–H groups in total. The van der Waals surface area contributed by atoms with Crippen LogP contribution >= 0.6 is 0 Å². The molecule has 3 nitrogen and oxygen atoms in total. The molecule has 1 heterocycles. The highest BCUT2D eigenvalue weighted by atomic mass is 16.5. The number of likely N-dealkylation sites (N-methyl/N-ethyl adjacent to an activating group) is 1. The Morgan fingerprint density at radius 1 is 1.32 bits per heavy atom.